The fourth-order valence-corrected chi connectivity index (χ4v) is 3.09. The number of alkyl halides is 3. The Bertz CT molecular complexity index is 1020. The Morgan fingerprint density at radius 2 is 2.04 bits per heavy atom. The first kappa shape index (κ1) is 18.8. The number of nitrogens with zero attached hydrogens (tertiary/aromatic N) is 2. The van der Waals surface area contributed by atoms with Gasteiger partial charge in [-0.05, 0) is 30.3 Å². The van der Waals surface area contributed by atoms with E-state index in [9.17, 15) is 22.8 Å². The van der Waals surface area contributed by atoms with Crippen molar-refractivity contribution in [2.45, 2.75) is 11.4 Å². The van der Waals surface area contributed by atoms with Crippen LogP contribution in [-0.2, 0) is 4.79 Å². The maximum atomic E-state index is 12.5. The van der Waals surface area contributed by atoms with Gasteiger partial charge < -0.3 is 9.84 Å². The topological polar surface area (TPSA) is 81.4 Å². The average Bonchev–Trinajstić information content (AvgIpc) is 2.96. The Labute approximate surface area is 154 Å². The summed E-state index contributed by atoms with van der Waals surface area (Å²) in [4.78, 5) is 26.4. The van der Waals surface area contributed by atoms with Crippen molar-refractivity contribution in [3.8, 4) is 11.6 Å². The van der Waals surface area contributed by atoms with Gasteiger partial charge in [-0.2, -0.15) is 0 Å². The molecule has 1 aromatic carbocycles. The number of carbonyl (C=O) groups excluding carboxylic acids is 1. The van der Waals surface area contributed by atoms with Crippen molar-refractivity contribution < 1.29 is 32.6 Å². The molecule has 27 heavy (non-hydrogen) atoms. The average molecular weight is 396 g/mol. The SMILES string of the molecule is O=Cc1cc2ccc(OC(F)(F)F)cc2n1-c1cccc(SCC(=O)O)n1. The molecule has 10 heteroatoms. The number of hydrogen-bond acceptors (Lipinski definition) is 5. The van der Waals surface area contributed by atoms with E-state index in [0.29, 0.717) is 22.2 Å². The van der Waals surface area contributed by atoms with Gasteiger partial charge in [0.15, 0.2) is 6.29 Å². The van der Waals surface area contributed by atoms with Gasteiger partial charge in [0.05, 0.1) is 22.0 Å². The molecule has 2 aromatic heterocycles. The molecule has 1 N–H and O–H groups in total. The number of aromatic nitrogens is 2. The molecule has 0 fully saturated rings. The van der Waals surface area contributed by atoms with Gasteiger partial charge in [0.25, 0.3) is 0 Å². The highest BCUT2D eigenvalue weighted by molar-refractivity contribution is 7.99. The molecule has 140 valence electrons. The van der Waals surface area contributed by atoms with Crippen molar-refractivity contribution in [1.29, 1.82) is 0 Å². The number of rotatable bonds is 6. The lowest BCUT2D eigenvalue weighted by Gasteiger charge is -2.11. The van der Waals surface area contributed by atoms with Crippen LogP contribution in [0.25, 0.3) is 16.7 Å². The van der Waals surface area contributed by atoms with Crippen LogP contribution in [0, 0.1) is 0 Å². The molecule has 0 amide bonds. The minimum Gasteiger partial charge on any atom is -0.481 e. The molecule has 0 radical (unpaired) electrons. The molecule has 0 saturated heterocycles. The van der Waals surface area contributed by atoms with Crippen LogP contribution in [0.3, 0.4) is 0 Å². The fraction of sp³-hybridized carbons (Fsp3) is 0.118. The van der Waals surface area contributed by atoms with Gasteiger partial charge in [0.1, 0.15) is 11.6 Å². The number of carbonyl (C=O) groups is 2. The monoisotopic (exact) mass is 396 g/mol. The van der Waals surface area contributed by atoms with E-state index >= 15 is 0 Å². The molecule has 0 aliphatic carbocycles. The first-order valence-electron chi connectivity index (χ1n) is 7.45. The fourth-order valence-electron chi connectivity index (χ4n) is 2.49. The second-order valence-corrected chi connectivity index (χ2v) is 6.30. The van der Waals surface area contributed by atoms with Gasteiger partial charge in [0, 0.05) is 11.5 Å². The van der Waals surface area contributed by atoms with Crippen LogP contribution in [-0.4, -0.2) is 39.0 Å². The lowest BCUT2D eigenvalue weighted by molar-refractivity contribution is -0.274. The van der Waals surface area contributed by atoms with Crippen molar-refractivity contribution in [2.24, 2.45) is 0 Å². The Hall–Kier alpha value is -3.01. The maximum absolute atomic E-state index is 12.5. The standard InChI is InChI=1S/C17H11F3N2O4S/c18-17(19,20)26-12-5-4-10-6-11(8-23)22(13(10)7-12)14-2-1-3-15(21-14)27-9-16(24)25/h1-8H,9H2,(H,24,25). The number of ether oxygens (including phenoxy) is 1. The summed E-state index contributed by atoms with van der Waals surface area (Å²) in [5.74, 6) is -1.37. The molecule has 0 unspecified atom stereocenters. The first-order chi connectivity index (χ1) is 12.8. The van der Waals surface area contributed by atoms with Crippen molar-refractivity contribution in [3.05, 3.63) is 48.2 Å². The molecular formula is C17H11F3N2O4S. The number of carboxylic acid groups (broad SMARTS) is 1. The van der Waals surface area contributed by atoms with Gasteiger partial charge in [-0.15, -0.1) is 13.2 Å². The van der Waals surface area contributed by atoms with Crippen molar-refractivity contribution in [3.63, 3.8) is 0 Å². The highest BCUT2D eigenvalue weighted by Crippen LogP contribution is 2.30. The normalized spacial score (nSPS) is 11.5. The smallest absolute Gasteiger partial charge is 0.481 e. The van der Waals surface area contributed by atoms with Crippen LogP contribution in [0.4, 0.5) is 13.2 Å². The second-order valence-electron chi connectivity index (χ2n) is 5.31. The summed E-state index contributed by atoms with van der Waals surface area (Å²) in [5, 5.41) is 9.69. The third-order valence-electron chi connectivity index (χ3n) is 3.44. The van der Waals surface area contributed by atoms with Crippen molar-refractivity contribution in [1.82, 2.24) is 9.55 Å². The molecule has 0 bridgehead atoms. The molecule has 0 spiro atoms. The van der Waals surface area contributed by atoms with Gasteiger partial charge in [-0.3, -0.25) is 14.2 Å². The minimum absolute atomic E-state index is 0.182. The Morgan fingerprint density at radius 1 is 1.26 bits per heavy atom. The van der Waals surface area contributed by atoms with Gasteiger partial charge >= 0.3 is 12.3 Å². The van der Waals surface area contributed by atoms with E-state index in [1.54, 1.807) is 18.2 Å². The molecule has 0 aliphatic heterocycles. The van der Waals surface area contributed by atoms with E-state index in [2.05, 4.69) is 9.72 Å². The molecular weight excluding hydrogens is 385 g/mol. The van der Waals surface area contributed by atoms with E-state index in [0.717, 1.165) is 23.9 Å². The number of aliphatic carboxylic acids is 1. The van der Waals surface area contributed by atoms with E-state index in [1.165, 1.54) is 16.7 Å². The maximum Gasteiger partial charge on any atom is 0.573 e. The summed E-state index contributed by atoms with van der Waals surface area (Å²) < 4.78 is 42.8. The van der Waals surface area contributed by atoms with E-state index in [4.69, 9.17) is 5.11 Å². The predicted octanol–water partition coefficient (Wildman–Crippen LogP) is 3.91. The van der Waals surface area contributed by atoms with Crippen molar-refractivity contribution in [2.75, 3.05) is 5.75 Å². The Kier molecular flexibility index (Phi) is 5.08. The summed E-state index contributed by atoms with van der Waals surface area (Å²) in [7, 11) is 0. The predicted molar refractivity (Wildman–Crippen MR) is 91.5 cm³/mol. The van der Waals surface area contributed by atoms with Crippen LogP contribution >= 0.6 is 11.8 Å². The number of halogens is 3. The van der Waals surface area contributed by atoms with Gasteiger partial charge in [-0.1, -0.05) is 17.8 Å². The summed E-state index contributed by atoms with van der Waals surface area (Å²) >= 11 is 0.984. The summed E-state index contributed by atoms with van der Waals surface area (Å²) in [5.41, 5.74) is 0.480. The largest absolute Gasteiger partial charge is 0.573 e. The zero-order chi connectivity index (χ0) is 19.6. The number of carboxylic acids is 1. The summed E-state index contributed by atoms with van der Waals surface area (Å²) in [6.45, 7) is 0. The number of aldehydes is 1. The highest BCUT2D eigenvalue weighted by Gasteiger charge is 2.31. The van der Waals surface area contributed by atoms with E-state index < -0.39 is 18.1 Å². The first-order valence-corrected chi connectivity index (χ1v) is 8.44. The van der Waals surface area contributed by atoms with E-state index in [-0.39, 0.29) is 17.3 Å². The highest BCUT2D eigenvalue weighted by atomic mass is 32.2. The minimum atomic E-state index is -4.84. The van der Waals surface area contributed by atoms with Crippen LogP contribution in [0.1, 0.15) is 10.5 Å². The number of pyridine rings is 1. The number of benzene rings is 1. The molecule has 3 aromatic rings. The number of fused-ring (bicyclic) bond motifs is 1. The van der Waals surface area contributed by atoms with Gasteiger partial charge in [0.2, 0.25) is 0 Å². The molecule has 0 saturated carbocycles. The zero-order valence-electron chi connectivity index (χ0n) is 13.4. The third-order valence-corrected chi connectivity index (χ3v) is 4.35. The van der Waals surface area contributed by atoms with Crippen LogP contribution < -0.4 is 4.74 Å². The van der Waals surface area contributed by atoms with Crippen LogP contribution in [0.2, 0.25) is 0 Å². The third kappa shape index (κ3) is 4.40. The Morgan fingerprint density at radius 3 is 2.70 bits per heavy atom. The summed E-state index contributed by atoms with van der Waals surface area (Å²) in [6, 6.07) is 10.0. The van der Waals surface area contributed by atoms with Crippen molar-refractivity contribution >= 4 is 34.9 Å². The van der Waals surface area contributed by atoms with Crippen LogP contribution in [0.5, 0.6) is 5.75 Å². The molecule has 0 atom stereocenters. The van der Waals surface area contributed by atoms with E-state index in [1.807, 2.05) is 0 Å². The number of thioether (sulfide) groups is 1. The molecule has 2 heterocycles. The second kappa shape index (κ2) is 7.31. The zero-order valence-corrected chi connectivity index (χ0v) is 14.3. The molecule has 0 aliphatic rings. The van der Waals surface area contributed by atoms with Gasteiger partial charge in [-0.25, -0.2) is 4.98 Å². The lowest BCUT2D eigenvalue weighted by atomic mass is 10.2. The molecule has 6 nitrogen and oxygen atoms in total. The number of hydrogen-bond donors (Lipinski definition) is 1. The van der Waals surface area contributed by atoms with Crippen LogP contribution in [0.15, 0.2) is 47.5 Å². The lowest BCUT2D eigenvalue weighted by Crippen LogP contribution is -2.17. The Balaban J connectivity index is 2.09. The summed E-state index contributed by atoms with van der Waals surface area (Å²) in [6.07, 6.45) is -4.28. The quantitative estimate of drug-likeness (QED) is 0.503. The molecule has 3 rings (SSSR count).